The van der Waals surface area contributed by atoms with E-state index in [0.29, 0.717) is 5.52 Å². The molecule has 0 fully saturated rings. The fourth-order valence-corrected chi connectivity index (χ4v) is 2.76. The van der Waals surface area contributed by atoms with Crippen molar-refractivity contribution in [3.8, 4) is 0 Å². The molecule has 0 saturated heterocycles. The Kier molecular flexibility index (Phi) is 5.38. The third-order valence-electron chi connectivity index (χ3n) is 3.19. The Morgan fingerprint density at radius 2 is 1.87 bits per heavy atom. The van der Waals surface area contributed by atoms with E-state index >= 15 is 0 Å². The molecule has 0 radical (unpaired) electrons. The zero-order chi connectivity index (χ0) is 15.7. The lowest BCUT2D eigenvalue weighted by atomic mass is 10.0. The lowest BCUT2D eigenvalue weighted by molar-refractivity contribution is 0.209. The summed E-state index contributed by atoms with van der Waals surface area (Å²) >= 11 is 3.58. The minimum atomic E-state index is -1.18. The van der Waals surface area contributed by atoms with Gasteiger partial charge in [-0.3, -0.25) is 5.32 Å². The molecule has 0 aliphatic carbocycles. The van der Waals surface area contributed by atoms with Crippen LogP contribution in [0.4, 0.5) is 15.1 Å². The van der Waals surface area contributed by atoms with E-state index in [1.54, 1.807) is 12.1 Å². The van der Waals surface area contributed by atoms with Crippen molar-refractivity contribution in [3.63, 3.8) is 0 Å². The van der Waals surface area contributed by atoms with Gasteiger partial charge in [0.2, 0.25) is 5.95 Å². The highest BCUT2D eigenvalue weighted by Gasteiger charge is 2.13. The van der Waals surface area contributed by atoms with E-state index in [9.17, 15) is 9.18 Å². The largest absolute Gasteiger partial charge is 0.465 e. The van der Waals surface area contributed by atoms with Crippen LogP contribution in [-0.4, -0.2) is 21.2 Å². The Morgan fingerprint density at radius 1 is 1.22 bits per heavy atom. The molecule has 1 atom stereocenters. The van der Waals surface area contributed by atoms with Gasteiger partial charge in [-0.25, -0.2) is 14.2 Å². The lowest BCUT2D eigenvalue weighted by Crippen LogP contribution is -2.08. The Morgan fingerprint density at radius 3 is 2.52 bits per heavy atom. The second-order valence-corrected chi connectivity index (χ2v) is 5.62. The highest BCUT2D eigenvalue weighted by atomic mass is 79.9. The maximum absolute atomic E-state index is 13.0. The quantitative estimate of drug-likeness (QED) is 0.505. The third-order valence-corrected chi connectivity index (χ3v) is 4.25. The molecule has 0 aliphatic heterocycles. The zero-order valence-electron chi connectivity index (χ0n) is 11.6. The molecular formula is C15H12Br2FN3O2. The Balaban J connectivity index is 0.00000192. The first kappa shape index (κ1) is 17.4. The summed E-state index contributed by atoms with van der Waals surface area (Å²) in [5.74, 6) is -0.108. The average molecular weight is 445 g/mol. The highest BCUT2D eigenvalue weighted by Crippen LogP contribution is 2.32. The minimum Gasteiger partial charge on any atom is -0.465 e. The van der Waals surface area contributed by atoms with Crippen LogP contribution in [0.25, 0.3) is 11.0 Å². The highest BCUT2D eigenvalue weighted by molar-refractivity contribution is 9.09. The van der Waals surface area contributed by atoms with Crippen LogP contribution in [0.5, 0.6) is 0 Å². The number of halogens is 3. The molecule has 0 saturated carbocycles. The number of H-pyrrole nitrogens is 1. The van der Waals surface area contributed by atoms with Gasteiger partial charge >= 0.3 is 6.09 Å². The topological polar surface area (TPSA) is 78.0 Å². The predicted octanol–water partition coefficient (Wildman–Crippen LogP) is 4.85. The summed E-state index contributed by atoms with van der Waals surface area (Å²) in [5.41, 5.74) is 3.23. The van der Waals surface area contributed by atoms with Crippen LogP contribution >= 0.6 is 32.9 Å². The number of carbonyl (C=O) groups is 1. The molecular weight excluding hydrogens is 433 g/mol. The minimum absolute atomic E-state index is 0. The summed E-state index contributed by atoms with van der Waals surface area (Å²) in [6, 6.07) is 11.8. The van der Waals surface area contributed by atoms with Crippen molar-refractivity contribution >= 4 is 56.0 Å². The van der Waals surface area contributed by atoms with Gasteiger partial charge < -0.3 is 10.1 Å². The fourth-order valence-electron chi connectivity index (χ4n) is 2.17. The number of rotatable bonds is 3. The molecule has 2 aromatic carbocycles. The van der Waals surface area contributed by atoms with Crippen LogP contribution in [0, 0.1) is 5.82 Å². The Bertz CT molecular complexity index is 836. The van der Waals surface area contributed by atoms with Gasteiger partial charge in [0.05, 0.1) is 15.9 Å². The van der Waals surface area contributed by atoms with E-state index in [-0.39, 0.29) is 33.6 Å². The van der Waals surface area contributed by atoms with Crippen LogP contribution in [0.15, 0.2) is 42.5 Å². The number of hydrogen-bond acceptors (Lipinski definition) is 2. The number of alkyl halides is 1. The maximum atomic E-state index is 13.0. The molecule has 0 aliphatic rings. The first-order valence-corrected chi connectivity index (χ1v) is 7.33. The predicted molar refractivity (Wildman–Crippen MR) is 95.2 cm³/mol. The lowest BCUT2D eigenvalue weighted by Gasteiger charge is -2.10. The van der Waals surface area contributed by atoms with Gasteiger partial charge in [0.25, 0.3) is 0 Å². The molecule has 1 amide bonds. The van der Waals surface area contributed by atoms with E-state index in [2.05, 4.69) is 31.2 Å². The number of benzene rings is 2. The van der Waals surface area contributed by atoms with Crippen molar-refractivity contribution in [1.29, 1.82) is 0 Å². The number of carboxylic acid groups (broad SMARTS) is 1. The summed E-state index contributed by atoms with van der Waals surface area (Å²) in [4.78, 5) is 17.6. The van der Waals surface area contributed by atoms with E-state index in [1.807, 2.05) is 18.2 Å². The number of fused-ring (bicyclic) bond motifs is 1. The van der Waals surface area contributed by atoms with Crippen molar-refractivity contribution in [2.24, 2.45) is 0 Å². The van der Waals surface area contributed by atoms with Crippen molar-refractivity contribution < 1.29 is 14.3 Å². The molecule has 0 bridgehead atoms. The van der Waals surface area contributed by atoms with Crippen molar-refractivity contribution in [3.05, 3.63) is 59.4 Å². The number of aromatic amines is 1. The molecule has 3 rings (SSSR count). The normalized spacial score (nSPS) is 11.7. The molecule has 3 N–H and O–H groups in total. The average Bonchev–Trinajstić information content (AvgIpc) is 2.87. The second-order valence-electron chi connectivity index (χ2n) is 4.71. The molecule has 1 aromatic heterocycles. The third kappa shape index (κ3) is 3.89. The van der Waals surface area contributed by atoms with E-state index in [0.717, 1.165) is 16.6 Å². The maximum Gasteiger partial charge on any atom is 0.411 e. The van der Waals surface area contributed by atoms with Gasteiger partial charge in [-0.05, 0) is 35.4 Å². The van der Waals surface area contributed by atoms with Crippen LogP contribution in [0.1, 0.15) is 16.0 Å². The molecule has 8 heteroatoms. The summed E-state index contributed by atoms with van der Waals surface area (Å²) in [7, 11) is 0. The van der Waals surface area contributed by atoms with Crippen LogP contribution in [0.3, 0.4) is 0 Å². The van der Waals surface area contributed by atoms with Crippen molar-refractivity contribution in [1.82, 2.24) is 9.97 Å². The molecule has 3 aromatic rings. The number of nitrogens with zero attached hydrogens (tertiary/aromatic N) is 1. The van der Waals surface area contributed by atoms with Crippen molar-refractivity contribution in [2.75, 3.05) is 5.32 Å². The van der Waals surface area contributed by atoms with Gasteiger partial charge in [-0.15, -0.1) is 17.0 Å². The van der Waals surface area contributed by atoms with Gasteiger partial charge in [0.15, 0.2) is 0 Å². The number of amides is 1. The molecule has 120 valence electrons. The van der Waals surface area contributed by atoms with E-state index in [1.165, 1.54) is 12.1 Å². The molecule has 1 unspecified atom stereocenters. The number of aromatic nitrogens is 2. The smallest absolute Gasteiger partial charge is 0.411 e. The van der Waals surface area contributed by atoms with E-state index < -0.39 is 6.09 Å². The number of anilines is 1. The number of imidazole rings is 1. The summed E-state index contributed by atoms with van der Waals surface area (Å²) < 4.78 is 13.0. The van der Waals surface area contributed by atoms with Gasteiger partial charge in [0.1, 0.15) is 5.82 Å². The second kappa shape index (κ2) is 7.10. The van der Waals surface area contributed by atoms with Crippen LogP contribution in [0.2, 0.25) is 0 Å². The van der Waals surface area contributed by atoms with Gasteiger partial charge in [-0.1, -0.05) is 34.1 Å². The first-order valence-electron chi connectivity index (χ1n) is 6.42. The van der Waals surface area contributed by atoms with Gasteiger partial charge in [0, 0.05) is 0 Å². The molecule has 0 spiro atoms. The van der Waals surface area contributed by atoms with Crippen LogP contribution in [-0.2, 0) is 0 Å². The molecule has 1 heterocycles. The fraction of sp³-hybridized carbons (Fsp3) is 0.0667. The number of nitrogens with one attached hydrogen (secondary N) is 2. The van der Waals surface area contributed by atoms with E-state index in [4.69, 9.17) is 5.11 Å². The standard InChI is InChI=1S/C15H11BrFN3O2.BrH/c16-13(8-1-4-10(17)5-2-8)9-3-6-11-12(7-9)19-14(18-11)20-15(21)22;/h1-7,13H,(H,21,22)(H2,18,19,20);1H. The summed E-state index contributed by atoms with van der Waals surface area (Å²) in [6.45, 7) is 0. The van der Waals surface area contributed by atoms with Crippen molar-refractivity contribution in [2.45, 2.75) is 4.83 Å². The number of hydrogen-bond donors (Lipinski definition) is 3. The SMILES string of the molecule is Br.O=C(O)Nc1nc2cc(C(Br)c3ccc(F)cc3)ccc2[nH]1. The Hall–Kier alpha value is -1.93. The molecule has 23 heavy (non-hydrogen) atoms. The first-order chi connectivity index (χ1) is 10.5. The Labute approximate surface area is 149 Å². The molecule has 5 nitrogen and oxygen atoms in total. The summed E-state index contributed by atoms with van der Waals surface area (Å²) in [5, 5.41) is 10.9. The zero-order valence-corrected chi connectivity index (χ0v) is 14.9. The van der Waals surface area contributed by atoms with Crippen LogP contribution < -0.4 is 5.32 Å². The van der Waals surface area contributed by atoms with Gasteiger partial charge in [-0.2, -0.15) is 0 Å². The summed E-state index contributed by atoms with van der Waals surface area (Å²) in [6.07, 6.45) is -1.18. The monoisotopic (exact) mass is 443 g/mol.